The third-order valence-corrected chi connectivity index (χ3v) is 4.27. The SMILES string of the molecule is NC(=O)NC(CN1CCCC1)C(O)c1ccc2c(c1)OCCO2. The molecule has 1 aromatic carbocycles. The van der Waals surface area contributed by atoms with Crippen molar-refractivity contribution in [2.24, 2.45) is 5.73 Å². The molecule has 7 heteroatoms. The monoisotopic (exact) mass is 321 g/mol. The average Bonchev–Trinajstić information content (AvgIpc) is 3.06. The number of aliphatic hydroxyl groups excluding tert-OH is 1. The van der Waals surface area contributed by atoms with Crippen LogP contribution in [0.5, 0.6) is 11.5 Å². The highest BCUT2D eigenvalue weighted by molar-refractivity contribution is 5.72. The van der Waals surface area contributed by atoms with E-state index in [-0.39, 0.29) is 0 Å². The summed E-state index contributed by atoms with van der Waals surface area (Å²) in [5.41, 5.74) is 5.94. The van der Waals surface area contributed by atoms with Gasteiger partial charge in [-0.05, 0) is 43.6 Å². The Labute approximate surface area is 135 Å². The van der Waals surface area contributed by atoms with Crippen LogP contribution in [0.3, 0.4) is 0 Å². The van der Waals surface area contributed by atoms with Crippen LogP contribution in [0.25, 0.3) is 0 Å². The molecule has 23 heavy (non-hydrogen) atoms. The fraction of sp³-hybridized carbons (Fsp3) is 0.562. The summed E-state index contributed by atoms with van der Waals surface area (Å²) >= 11 is 0. The molecule has 1 saturated heterocycles. The molecule has 0 aromatic heterocycles. The molecule has 1 fully saturated rings. The molecule has 0 aliphatic carbocycles. The zero-order valence-electron chi connectivity index (χ0n) is 13.0. The van der Waals surface area contributed by atoms with Gasteiger partial charge in [0.2, 0.25) is 0 Å². The summed E-state index contributed by atoms with van der Waals surface area (Å²) < 4.78 is 11.0. The summed E-state index contributed by atoms with van der Waals surface area (Å²) in [4.78, 5) is 13.5. The van der Waals surface area contributed by atoms with E-state index in [1.165, 1.54) is 0 Å². The molecule has 1 aromatic rings. The van der Waals surface area contributed by atoms with E-state index in [4.69, 9.17) is 15.2 Å². The van der Waals surface area contributed by atoms with Gasteiger partial charge in [0, 0.05) is 6.54 Å². The number of fused-ring (bicyclic) bond motifs is 1. The molecule has 2 unspecified atom stereocenters. The van der Waals surface area contributed by atoms with E-state index >= 15 is 0 Å². The number of carbonyl (C=O) groups is 1. The van der Waals surface area contributed by atoms with Gasteiger partial charge in [-0.1, -0.05) is 6.07 Å². The van der Waals surface area contributed by atoms with E-state index < -0.39 is 18.2 Å². The second kappa shape index (κ2) is 7.06. The van der Waals surface area contributed by atoms with Crippen molar-refractivity contribution < 1.29 is 19.4 Å². The first-order chi connectivity index (χ1) is 11.1. The number of amides is 2. The molecule has 2 aliphatic heterocycles. The molecule has 7 nitrogen and oxygen atoms in total. The lowest BCUT2D eigenvalue weighted by Gasteiger charge is -2.28. The second-order valence-corrected chi connectivity index (χ2v) is 5.97. The number of likely N-dealkylation sites (tertiary alicyclic amines) is 1. The predicted molar refractivity (Wildman–Crippen MR) is 84.6 cm³/mol. The fourth-order valence-electron chi connectivity index (χ4n) is 3.13. The molecule has 2 amide bonds. The minimum Gasteiger partial charge on any atom is -0.486 e. The Balaban J connectivity index is 1.75. The number of hydrogen-bond donors (Lipinski definition) is 3. The van der Waals surface area contributed by atoms with Crippen LogP contribution in [0.15, 0.2) is 18.2 Å². The Morgan fingerprint density at radius 2 is 1.96 bits per heavy atom. The third kappa shape index (κ3) is 3.86. The van der Waals surface area contributed by atoms with Crippen molar-refractivity contribution in [2.75, 3.05) is 32.8 Å². The Hall–Kier alpha value is -1.99. The number of rotatable bonds is 5. The summed E-state index contributed by atoms with van der Waals surface area (Å²) in [5.74, 6) is 1.29. The van der Waals surface area contributed by atoms with Gasteiger partial charge in [0.15, 0.2) is 11.5 Å². The number of nitrogens with one attached hydrogen (secondary N) is 1. The molecule has 2 aliphatic rings. The number of nitrogens with zero attached hydrogens (tertiary/aromatic N) is 1. The molecule has 0 spiro atoms. The van der Waals surface area contributed by atoms with E-state index in [2.05, 4.69) is 10.2 Å². The van der Waals surface area contributed by atoms with Gasteiger partial charge in [-0.15, -0.1) is 0 Å². The largest absolute Gasteiger partial charge is 0.486 e. The number of primary amides is 1. The van der Waals surface area contributed by atoms with Crippen LogP contribution >= 0.6 is 0 Å². The molecule has 2 atom stereocenters. The normalized spacial score (nSPS) is 20.0. The number of carbonyl (C=O) groups excluding carboxylic acids is 1. The Morgan fingerprint density at radius 1 is 1.26 bits per heavy atom. The second-order valence-electron chi connectivity index (χ2n) is 5.97. The number of aliphatic hydroxyl groups is 1. The van der Waals surface area contributed by atoms with Crippen molar-refractivity contribution in [3.8, 4) is 11.5 Å². The van der Waals surface area contributed by atoms with E-state index in [1.807, 2.05) is 0 Å². The number of benzene rings is 1. The number of nitrogens with two attached hydrogens (primary N) is 1. The van der Waals surface area contributed by atoms with Gasteiger partial charge in [-0.3, -0.25) is 0 Å². The van der Waals surface area contributed by atoms with E-state index in [1.54, 1.807) is 18.2 Å². The Kier molecular flexibility index (Phi) is 4.88. The lowest BCUT2D eigenvalue weighted by molar-refractivity contribution is 0.109. The van der Waals surface area contributed by atoms with Gasteiger partial charge in [0.1, 0.15) is 19.3 Å². The maximum absolute atomic E-state index is 11.3. The summed E-state index contributed by atoms with van der Waals surface area (Å²) in [6, 6.07) is 4.24. The van der Waals surface area contributed by atoms with Gasteiger partial charge >= 0.3 is 6.03 Å². The van der Waals surface area contributed by atoms with E-state index in [0.29, 0.717) is 36.8 Å². The molecule has 3 rings (SSSR count). The highest BCUT2D eigenvalue weighted by atomic mass is 16.6. The van der Waals surface area contributed by atoms with E-state index in [0.717, 1.165) is 25.9 Å². The van der Waals surface area contributed by atoms with Crippen LogP contribution in [0.1, 0.15) is 24.5 Å². The van der Waals surface area contributed by atoms with Crippen LogP contribution < -0.4 is 20.5 Å². The first kappa shape index (κ1) is 15.9. The zero-order valence-corrected chi connectivity index (χ0v) is 13.0. The zero-order chi connectivity index (χ0) is 16.2. The van der Waals surface area contributed by atoms with Crippen molar-refractivity contribution >= 4 is 6.03 Å². The molecule has 126 valence electrons. The molecule has 0 radical (unpaired) electrons. The van der Waals surface area contributed by atoms with Crippen molar-refractivity contribution in [3.63, 3.8) is 0 Å². The smallest absolute Gasteiger partial charge is 0.312 e. The minimum absolute atomic E-state index is 0.465. The topological polar surface area (TPSA) is 97.1 Å². The first-order valence-corrected chi connectivity index (χ1v) is 7.99. The Bertz CT molecular complexity index is 560. The van der Waals surface area contributed by atoms with Crippen molar-refractivity contribution in [1.29, 1.82) is 0 Å². The molecule has 2 heterocycles. The summed E-state index contributed by atoms with van der Waals surface area (Å²) in [5, 5.41) is 13.4. The van der Waals surface area contributed by atoms with Crippen molar-refractivity contribution in [3.05, 3.63) is 23.8 Å². The molecule has 0 saturated carbocycles. The number of ether oxygens (including phenoxy) is 2. The summed E-state index contributed by atoms with van der Waals surface area (Å²) in [6.07, 6.45) is 1.42. The Morgan fingerprint density at radius 3 is 2.65 bits per heavy atom. The van der Waals surface area contributed by atoms with Gasteiger partial charge < -0.3 is 30.5 Å². The lowest BCUT2D eigenvalue weighted by Crippen LogP contribution is -2.48. The predicted octanol–water partition coefficient (Wildman–Crippen LogP) is 0.624. The summed E-state index contributed by atoms with van der Waals surface area (Å²) in [6.45, 7) is 3.53. The van der Waals surface area contributed by atoms with Crippen LogP contribution in [-0.4, -0.2) is 54.9 Å². The lowest BCUT2D eigenvalue weighted by atomic mass is 10.0. The van der Waals surface area contributed by atoms with E-state index in [9.17, 15) is 9.90 Å². The third-order valence-electron chi connectivity index (χ3n) is 4.27. The van der Waals surface area contributed by atoms with Gasteiger partial charge in [-0.25, -0.2) is 4.79 Å². The van der Waals surface area contributed by atoms with Gasteiger partial charge in [0.05, 0.1) is 6.04 Å². The van der Waals surface area contributed by atoms with Crippen LogP contribution in [-0.2, 0) is 0 Å². The van der Waals surface area contributed by atoms with Gasteiger partial charge in [0.25, 0.3) is 0 Å². The highest BCUT2D eigenvalue weighted by Gasteiger charge is 2.27. The van der Waals surface area contributed by atoms with Crippen molar-refractivity contribution in [1.82, 2.24) is 10.2 Å². The molecular formula is C16H23N3O4. The van der Waals surface area contributed by atoms with Crippen LogP contribution in [0.2, 0.25) is 0 Å². The highest BCUT2D eigenvalue weighted by Crippen LogP contribution is 2.33. The number of urea groups is 1. The molecular weight excluding hydrogens is 298 g/mol. The summed E-state index contributed by atoms with van der Waals surface area (Å²) in [7, 11) is 0. The quantitative estimate of drug-likeness (QED) is 0.739. The fourth-order valence-corrected chi connectivity index (χ4v) is 3.13. The standard InChI is InChI=1S/C16H23N3O4/c17-16(21)18-12(10-19-5-1-2-6-19)15(20)11-3-4-13-14(9-11)23-8-7-22-13/h3-4,9,12,15,20H,1-2,5-8,10H2,(H3,17,18,21). The van der Waals surface area contributed by atoms with Crippen LogP contribution in [0.4, 0.5) is 4.79 Å². The maximum Gasteiger partial charge on any atom is 0.312 e. The van der Waals surface area contributed by atoms with Crippen molar-refractivity contribution in [2.45, 2.75) is 25.0 Å². The average molecular weight is 321 g/mol. The van der Waals surface area contributed by atoms with Crippen LogP contribution in [0, 0.1) is 0 Å². The molecule has 0 bridgehead atoms. The van der Waals surface area contributed by atoms with Gasteiger partial charge in [-0.2, -0.15) is 0 Å². The maximum atomic E-state index is 11.3. The number of hydrogen-bond acceptors (Lipinski definition) is 5. The first-order valence-electron chi connectivity index (χ1n) is 7.99. The minimum atomic E-state index is -0.862. The molecule has 4 N–H and O–H groups in total.